The molecule has 4 nitrogen and oxygen atoms in total. The molecule has 1 atom stereocenters. The highest BCUT2D eigenvalue weighted by atomic mass is 32.1. The zero-order chi connectivity index (χ0) is 14.1. The third-order valence-corrected chi connectivity index (χ3v) is 5.12. The Morgan fingerprint density at radius 3 is 2.70 bits per heavy atom. The van der Waals surface area contributed by atoms with E-state index in [1.165, 1.54) is 0 Å². The quantitative estimate of drug-likeness (QED) is 0.895. The summed E-state index contributed by atoms with van der Waals surface area (Å²) in [4.78, 5) is 0. The first kappa shape index (κ1) is 14.5. The number of rotatable bonds is 4. The van der Waals surface area contributed by atoms with E-state index in [4.69, 9.17) is 9.47 Å². The predicted molar refractivity (Wildman–Crippen MR) is 78.8 cm³/mol. The minimum absolute atomic E-state index is 0.298. The topological polar surface area (TPSA) is 50.7 Å². The monoisotopic (exact) mass is 297 g/mol. The molecule has 2 fully saturated rings. The van der Waals surface area contributed by atoms with Crippen molar-refractivity contribution in [3.63, 3.8) is 0 Å². The molecule has 20 heavy (non-hydrogen) atoms. The van der Waals surface area contributed by atoms with Gasteiger partial charge in [0.15, 0.2) is 5.79 Å². The van der Waals surface area contributed by atoms with Gasteiger partial charge >= 0.3 is 0 Å². The third-order valence-electron chi connectivity index (χ3n) is 4.44. The Morgan fingerprint density at radius 2 is 2.10 bits per heavy atom. The Morgan fingerprint density at radius 1 is 1.40 bits per heavy atom. The highest BCUT2D eigenvalue weighted by molar-refractivity contribution is 7.08. The van der Waals surface area contributed by atoms with Gasteiger partial charge in [0.05, 0.1) is 18.8 Å². The first-order valence-corrected chi connectivity index (χ1v) is 8.30. The summed E-state index contributed by atoms with van der Waals surface area (Å²) in [5.41, 5.74) is 0.194. The van der Waals surface area contributed by atoms with Gasteiger partial charge < -0.3 is 19.9 Å². The molecule has 1 aromatic rings. The molecular formula is C15H23NO3S. The first-order chi connectivity index (χ1) is 9.60. The molecule has 0 radical (unpaired) electrons. The van der Waals surface area contributed by atoms with Crippen LogP contribution in [0.15, 0.2) is 16.8 Å². The van der Waals surface area contributed by atoms with Crippen LogP contribution >= 0.6 is 11.3 Å². The van der Waals surface area contributed by atoms with E-state index in [0.29, 0.717) is 12.6 Å². The summed E-state index contributed by atoms with van der Waals surface area (Å²) in [6.07, 6.45) is 3.98. The van der Waals surface area contributed by atoms with E-state index in [2.05, 4.69) is 5.32 Å². The van der Waals surface area contributed by atoms with E-state index < -0.39 is 5.60 Å². The van der Waals surface area contributed by atoms with Crippen molar-refractivity contribution in [2.75, 3.05) is 19.8 Å². The van der Waals surface area contributed by atoms with Crippen LogP contribution in [0.2, 0.25) is 0 Å². The molecule has 1 spiro atoms. The van der Waals surface area contributed by atoms with Crippen LogP contribution in [0.3, 0.4) is 0 Å². The lowest BCUT2D eigenvalue weighted by molar-refractivity contribution is -0.179. The van der Waals surface area contributed by atoms with Gasteiger partial charge in [-0.3, -0.25) is 0 Å². The standard InChI is InChI=1S/C15H23NO3S/c1-14(17,12-4-9-20-10-12)11-16-13-2-5-15(6-3-13)18-7-8-19-15/h4,9-10,13,16-17H,2-3,5-8,11H2,1H3/t14-/m1/s1. The van der Waals surface area contributed by atoms with Gasteiger partial charge in [0.25, 0.3) is 0 Å². The normalized spacial score (nSPS) is 25.9. The van der Waals surface area contributed by atoms with Crippen LogP contribution in [0.25, 0.3) is 0 Å². The summed E-state index contributed by atoms with van der Waals surface area (Å²) >= 11 is 1.62. The maximum absolute atomic E-state index is 10.5. The van der Waals surface area contributed by atoms with Gasteiger partial charge in [-0.2, -0.15) is 11.3 Å². The van der Waals surface area contributed by atoms with Crippen LogP contribution in [0, 0.1) is 0 Å². The number of ether oxygens (including phenoxy) is 2. The fourth-order valence-corrected chi connectivity index (χ4v) is 3.85. The van der Waals surface area contributed by atoms with E-state index in [-0.39, 0.29) is 5.79 Å². The number of nitrogens with one attached hydrogen (secondary N) is 1. The zero-order valence-electron chi connectivity index (χ0n) is 11.9. The van der Waals surface area contributed by atoms with Gasteiger partial charge in [-0.1, -0.05) is 0 Å². The highest BCUT2D eigenvalue weighted by Gasteiger charge is 2.40. The van der Waals surface area contributed by atoms with Crippen molar-refractivity contribution < 1.29 is 14.6 Å². The second kappa shape index (κ2) is 5.73. The predicted octanol–water partition coefficient (Wildman–Crippen LogP) is 2.23. The first-order valence-electron chi connectivity index (χ1n) is 7.36. The summed E-state index contributed by atoms with van der Waals surface area (Å²) in [5, 5.41) is 18.0. The maximum atomic E-state index is 10.5. The molecule has 3 rings (SSSR count). The molecule has 2 heterocycles. The molecule has 1 saturated carbocycles. The van der Waals surface area contributed by atoms with Crippen LogP contribution in [0.1, 0.15) is 38.2 Å². The number of hydrogen-bond acceptors (Lipinski definition) is 5. The maximum Gasteiger partial charge on any atom is 0.168 e. The van der Waals surface area contributed by atoms with E-state index in [9.17, 15) is 5.11 Å². The second-order valence-corrected chi connectivity index (χ2v) is 6.83. The van der Waals surface area contributed by atoms with Crippen molar-refractivity contribution >= 4 is 11.3 Å². The molecule has 5 heteroatoms. The van der Waals surface area contributed by atoms with Crippen molar-refractivity contribution in [1.82, 2.24) is 5.32 Å². The third kappa shape index (κ3) is 3.07. The SMILES string of the molecule is C[C@@](O)(CNC1CCC2(CC1)OCCO2)c1ccsc1. The lowest BCUT2D eigenvalue weighted by Crippen LogP contribution is -2.46. The number of thiophene rings is 1. The summed E-state index contributed by atoms with van der Waals surface area (Å²) in [6, 6.07) is 2.43. The van der Waals surface area contributed by atoms with Gasteiger partial charge in [0.2, 0.25) is 0 Å². The fourth-order valence-electron chi connectivity index (χ4n) is 3.06. The lowest BCUT2D eigenvalue weighted by Gasteiger charge is -2.36. The average molecular weight is 297 g/mol. The van der Waals surface area contributed by atoms with Crippen molar-refractivity contribution in [1.29, 1.82) is 0 Å². The number of hydrogen-bond donors (Lipinski definition) is 2. The molecule has 0 unspecified atom stereocenters. The fraction of sp³-hybridized carbons (Fsp3) is 0.733. The molecule has 0 aromatic carbocycles. The van der Waals surface area contributed by atoms with Crippen molar-refractivity contribution in [3.05, 3.63) is 22.4 Å². The van der Waals surface area contributed by atoms with Gasteiger partial charge in [0, 0.05) is 25.4 Å². The van der Waals surface area contributed by atoms with Crippen LogP contribution in [-0.4, -0.2) is 36.7 Å². The van der Waals surface area contributed by atoms with Crippen LogP contribution in [0.4, 0.5) is 0 Å². The molecule has 0 amide bonds. The zero-order valence-corrected chi connectivity index (χ0v) is 12.7. The molecule has 1 aliphatic heterocycles. The van der Waals surface area contributed by atoms with Gasteiger partial charge in [0.1, 0.15) is 0 Å². The van der Waals surface area contributed by atoms with E-state index in [1.807, 2.05) is 23.8 Å². The second-order valence-electron chi connectivity index (χ2n) is 6.05. The Kier molecular flexibility index (Phi) is 4.15. The summed E-state index contributed by atoms with van der Waals surface area (Å²) in [5.74, 6) is -0.298. The Balaban J connectivity index is 1.48. The van der Waals surface area contributed by atoms with Crippen molar-refractivity contribution in [3.8, 4) is 0 Å². The number of aliphatic hydroxyl groups is 1. The lowest BCUT2D eigenvalue weighted by atomic mass is 9.89. The van der Waals surface area contributed by atoms with Crippen LogP contribution < -0.4 is 5.32 Å². The van der Waals surface area contributed by atoms with Crippen LogP contribution in [-0.2, 0) is 15.1 Å². The summed E-state index contributed by atoms with van der Waals surface area (Å²) < 4.78 is 11.5. The van der Waals surface area contributed by atoms with Gasteiger partial charge in [-0.25, -0.2) is 0 Å². The van der Waals surface area contributed by atoms with Gasteiger partial charge in [-0.15, -0.1) is 0 Å². The molecule has 0 bridgehead atoms. The average Bonchev–Trinajstić information content (AvgIpc) is 3.10. The Hall–Kier alpha value is -0.460. The van der Waals surface area contributed by atoms with Gasteiger partial charge in [-0.05, 0) is 42.2 Å². The summed E-state index contributed by atoms with van der Waals surface area (Å²) in [6.45, 7) is 3.91. The molecule has 1 aromatic heterocycles. The molecule has 112 valence electrons. The largest absolute Gasteiger partial charge is 0.384 e. The van der Waals surface area contributed by atoms with Crippen LogP contribution in [0.5, 0.6) is 0 Å². The van der Waals surface area contributed by atoms with Crippen molar-refractivity contribution in [2.24, 2.45) is 0 Å². The van der Waals surface area contributed by atoms with E-state index in [0.717, 1.165) is 44.5 Å². The molecular weight excluding hydrogens is 274 g/mol. The Bertz CT molecular complexity index is 416. The molecule has 2 N–H and O–H groups in total. The minimum Gasteiger partial charge on any atom is -0.384 e. The minimum atomic E-state index is -0.796. The van der Waals surface area contributed by atoms with E-state index >= 15 is 0 Å². The molecule has 2 aliphatic rings. The van der Waals surface area contributed by atoms with E-state index in [1.54, 1.807) is 11.3 Å². The molecule has 1 aliphatic carbocycles. The van der Waals surface area contributed by atoms with Crippen molar-refractivity contribution in [2.45, 2.75) is 50.0 Å². The smallest absolute Gasteiger partial charge is 0.168 e. The Labute approximate surface area is 124 Å². The molecule has 1 saturated heterocycles. The highest BCUT2D eigenvalue weighted by Crippen LogP contribution is 2.36. The summed E-state index contributed by atoms with van der Waals surface area (Å²) in [7, 11) is 0.